The minimum absolute atomic E-state index is 0.260. The van der Waals surface area contributed by atoms with Gasteiger partial charge in [-0.1, -0.05) is 54.1 Å². The van der Waals surface area contributed by atoms with Crippen LogP contribution in [0.3, 0.4) is 0 Å². The third-order valence-electron chi connectivity index (χ3n) is 3.53. The van der Waals surface area contributed by atoms with Crippen LogP contribution in [-0.4, -0.2) is 11.7 Å². The quantitative estimate of drug-likeness (QED) is 0.895. The van der Waals surface area contributed by atoms with E-state index in [-0.39, 0.29) is 6.61 Å². The second-order valence-electron chi connectivity index (χ2n) is 5.15. The van der Waals surface area contributed by atoms with Gasteiger partial charge in [-0.05, 0) is 29.7 Å². The second kappa shape index (κ2) is 5.93. The fourth-order valence-electron chi connectivity index (χ4n) is 2.23. The van der Waals surface area contributed by atoms with Crippen molar-refractivity contribution in [3.63, 3.8) is 0 Å². The van der Waals surface area contributed by atoms with Crippen LogP contribution in [0.4, 0.5) is 0 Å². The molecule has 1 atom stereocenters. The van der Waals surface area contributed by atoms with E-state index in [1.165, 1.54) is 11.1 Å². The number of rotatable bonds is 5. The first kappa shape index (κ1) is 12.9. The SMILES string of the molecule is OCC1C/C1=C\c1cccc(OCc2ccccc2)c1. The average molecular weight is 266 g/mol. The van der Waals surface area contributed by atoms with Gasteiger partial charge in [0.15, 0.2) is 0 Å². The van der Waals surface area contributed by atoms with Crippen LogP contribution in [0.25, 0.3) is 6.08 Å². The Morgan fingerprint density at radius 2 is 1.95 bits per heavy atom. The molecule has 0 bridgehead atoms. The van der Waals surface area contributed by atoms with Crippen molar-refractivity contribution in [3.05, 3.63) is 71.3 Å². The summed E-state index contributed by atoms with van der Waals surface area (Å²) in [5.41, 5.74) is 3.63. The molecule has 1 unspecified atom stereocenters. The number of hydrogen-bond acceptors (Lipinski definition) is 2. The fraction of sp³-hybridized carbons (Fsp3) is 0.222. The van der Waals surface area contributed by atoms with Crippen molar-refractivity contribution in [1.82, 2.24) is 0 Å². The normalized spacial score (nSPS) is 19.1. The summed E-state index contributed by atoms with van der Waals surface area (Å²) in [5, 5.41) is 9.05. The molecule has 1 aliphatic carbocycles. The average Bonchev–Trinajstić information content (AvgIpc) is 3.25. The minimum atomic E-state index is 0.260. The van der Waals surface area contributed by atoms with Gasteiger partial charge in [0.1, 0.15) is 12.4 Å². The molecule has 1 N–H and O–H groups in total. The Bertz CT molecular complexity index is 602. The molecule has 2 aromatic carbocycles. The van der Waals surface area contributed by atoms with Gasteiger partial charge >= 0.3 is 0 Å². The Kier molecular flexibility index (Phi) is 3.84. The highest BCUT2D eigenvalue weighted by molar-refractivity contribution is 5.59. The first-order valence-electron chi connectivity index (χ1n) is 6.93. The van der Waals surface area contributed by atoms with Gasteiger partial charge in [-0.15, -0.1) is 0 Å². The topological polar surface area (TPSA) is 29.5 Å². The van der Waals surface area contributed by atoms with E-state index < -0.39 is 0 Å². The summed E-state index contributed by atoms with van der Waals surface area (Å²) in [5.74, 6) is 1.26. The molecule has 2 heteroatoms. The lowest BCUT2D eigenvalue weighted by molar-refractivity contribution is 0.281. The lowest BCUT2D eigenvalue weighted by atomic mass is 10.2. The van der Waals surface area contributed by atoms with Crippen LogP contribution in [0.5, 0.6) is 5.75 Å². The maximum Gasteiger partial charge on any atom is 0.120 e. The highest BCUT2D eigenvalue weighted by Crippen LogP contribution is 2.38. The van der Waals surface area contributed by atoms with E-state index in [1.807, 2.05) is 36.4 Å². The van der Waals surface area contributed by atoms with E-state index in [2.05, 4.69) is 24.3 Å². The van der Waals surface area contributed by atoms with E-state index >= 15 is 0 Å². The van der Waals surface area contributed by atoms with Crippen molar-refractivity contribution >= 4 is 6.08 Å². The number of ether oxygens (including phenoxy) is 1. The molecule has 3 rings (SSSR count). The van der Waals surface area contributed by atoms with Crippen molar-refractivity contribution in [2.75, 3.05) is 6.61 Å². The molecule has 0 radical (unpaired) electrons. The molecule has 1 fully saturated rings. The molecule has 102 valence electrons. The Balaban J connectivity index is 1.64. The maximum absolute atomic E-state index is 9.05. The predicted molar refractivity (Wildman–Crippen MR) is 80.4 cm³/mol. The van der Waals surface area contributed by atoms with Crippen LogP contribution in [-0.2, 0) is 6.61 Å². The van der Waals surface area contributed by atoms with Crippen molar-refractivity contribution in [3.8, 4) is 5.75 Å². The lowest BCUT2D eigenvalue weighted by Gasteiger charge is -2.06. The molecule has 0 heterocycles. The van der Waals surface area contributed by atoms with Crippen molar-refractivity contribution in [2.24, 2.45) is 5.92 Å². The lowest BCUT2D eigenvalue weighted by Crippen LogP contribution is -1.94. The second-order valence-corrected chi connectivity index (χ2v) is 5.15. The number of aliphatic hydroxyl groups excluding tert-OH is 1. The third kappa shape index (κ3) is 3.28. The van der Waals surface area contributed by atoms with Gasteiger partial charge in [-0.3, -0.25) is 0 Å². The van der Waals surface area contributed by atoms with Gasteiger partial charge in [0, 0.05) is 12.5 Å². The molecule has 1 aliphatic rings. The highest BCUT2D eigenvalue weighted by Gasteiger charge is 2.28. The summed E-state index contributed by atoms with van der Waals surface area (Å²) < 4.78 is 5.81. The zero-order valence-corrected chi connectivity index (χ0v) is 11.3. The minimum Gasteiger partial charge on any atom is -0.489 e. The molecule has 2 aromatic rings. The van der Waals surface area contributed by atoms with Crippen molar-refractivity contribution < 1.29 is 9.84 Å². The third-order valence-corrected chi connectivity index (χ3v) is 3.53. The maximum atomic E-state index is 9.05. The molecule has 2 nitrogen and oxygen atoms in total. The van der Waals surface area contributed by atoms with Crippen LogP contribution in [0.1, 0.15) is 17.5 Å². The van der Waals surface area contributed by atoms with Gasteiger partial charge in [0.05, 0.1) is 0 Å². The van der Waals surface area contributed by atoms with E-state index in [0.29, 0.717) is 12.5 Å². The number of benzene rings is 2. The van der Waals surface area contributed by atoms with Gasteiger partial charge in [0.2, 0.25) is 0 Å². The molecule has 0 spiro atoms. The van der Waals surface area contributed by atoms with E-state index in [4.69, 9.17) is 9.84 Å². The molecule has 20 heavy (non-hydrogen) atoms. The first-order valence-corrected chi connectivity index (χ1v) is 6.93. The summed E-state index contributed by atoms with van der Waals surface area (Å²) in [4.78, 5) is 0. The van der Waals surface area contributed by atoms with Crippen molar-refractivity contribution in [1.29, 1.82) is 0 Å². The summed E-state index contributed by atoms with van der Waals surface area (Å²) in [6.07, 6.45) is 3.17. The Morgan fingerprint density at radius 1 is 1.10 bits per heavy atom. The molecule has 0 aliphatic heterocycles. The van der Waals surface area contributed by atoms with E-state index in [0.717, 1.165) is 17.7 Å². The van der Waals surface area contributed by atoms with Gasteiger partial charge in [-0.25, -0.2) is 0 Å². The van der Waals surface area contributed by atoms with Crippen LogP contribution in [0, 0.1) is 5.92 Å². The van der Waals surface area contributed by atoms with Crippen LogP contribution in [0.2, 0.25) is 0 Å². The zero-order valence-electron chi connectivity index (χ0n) is 11.3. The van der Waals surface area contributed by atoms with Crippen LogP contribution < -0.4 is 4.74 Å². The molecular weight excluding hydrogens is 248 g/mol. The van der Waals surface area contributed by atoms with Gasteiger partial charge in [-0.2, -0.15) is 0 Å². The van der Waals surface area contributed by atoms with Gasteiger partial charge in [0.25, 0.3) is 0 Å². The first-order chi connectivity index (χ1) is 9.85. The molecule has 0 saturated heterocycles. The smallest absolute Gasteiger partial charge is 0.120 e. The van der Waals surface area contributed by atoms with E-state index in [1.54, 1.807) is 0 Å². The monoisotopic (exact) mass is 266 g/mol. The fourth-order valence-corrected chi connectivity index (χ4v) is 2.23. The highest BCUT2D eigenvalue weighted by atomic mass is 16.5. The largest absolute Gasteiger partial charge is 0.489 e. The summed E-state index contributed by atoms with van der Waals surface area (Å²) in [7, 11) is 0. The Hall–Kier alpha value is -2.06. The predicted octanol–water partition coefficient (Wildman–Crippen LogP) is 3.66. The Labute approximate surface area is 119 Å². The summed E-state index contributed by atoms with van der Waals surface area (Å²) in [6, 6.07) is 18.2. The summed E-state index contributed by atoms with van der Waals surface area (Å²) in [6.45, 7) is 0.843. The molecule has 0 aromatic heterocycles. The Morgan fingerprint density at radius 3 is 2.70 bits per heavy atom. The standard InChI is InChI=1S/C18H18O2/c19-12-17-11-16(17)9-15-7-4-8-18(10-15)20-13-14-5-2-1-3-6-14/h1-10,17,19H,11-13H2/b16-9+. The number of hydrogen-bond donors (Lipinski definition) is 1. The molecule has 0 amide bonds. The van der Waals surface area contributed by atoms with Crippen LogP contribution >= 0.6 is 0 Å². The number of aliphatic hydroxyl groups is 1. The zero-order chi connectivity index (χ0) is 13.8. The van der Waals surface area contributed by atoms with E-state index in [9.17, 15) is 0 Å². The van der Waals surface area contributed by atoms with Crippen molar-refractivity contribution in [2.45, 2.75) is 13.0 Å². The van der Waals surface area contributed by atoms with Gasteiger partial charge < -0.3 is 9.84 Å². The molecule has 1 saturated carbocycles. The van der Waals surface area contributed by atoms with Crippen LogP contribution in [0.15, 0.2) is 60.2 Å². The molecular formula is C18H18O2. The summed E-state index contributed by atoms with van der Waals surface area (Å²) >= 11 is 0.